The van der Waals surface area contributed by atoms with Gasteiger partial charge in [-0.2, -0.15) is 5.26 Å². The van der Waals surface area contributed by atoms with Crippen molar-refractivity contribution in [3.05, 3.63) is 59.7 Å². The molecule has 138 valence electrons. The number of methoxy groups -OCH3 is 2. The Bertz CT molecular complexity index is 882. The Morgan fingerprint density at radius 2 is 1.78 bits per heavy atom. The predicted molar refractivity (Wildman–Crippen MR) is 99.2 cm³/mol. The number of nitriles is 1. The third-order valence-electron chi connectivity index (χ3n) is 3.48. The molecule has 0 bridgehead atoms. The summed E-state index contributed by atoms with van der Waals surface area (Å²) < 4.78 is 15.1. The zero-order valence-electron chi connectivity index (χ0n) is 14.9. The minimum absolute atomic E-state index is 0.217. The summed E-state index contributed by atoms with van der Waals surface area (Å²) >= 11 is 0. The van der Waals surface area contributed by atoms with Crippen molar-refractivity contribution in [2.45, 2.75) is 0 Å². The summed E-state index contributed by atoms with van der Waals surface area (Å²) in [5.74, 6) is -0.298. The molecule has 1 amide bonds. The van der Waals surface area contributed by atoms with E-state index in [0.29, 0.717) is 22.7 Å². The van der Waals surface area contributed by atoms with E-state index in [1.54, 1.807) is 61.7 Å². The highest BCUT2D eigenvalue weighted by atomic mass is 16.5. The fourth-order valence-corrected chi connectivity index (χ4v) is 2.15. The zero-order valence-corrected chi connectivity index (χ0v) is 14.9. The number of anilines is 1. The van der Waals surface area contributed by atoms with Crippen molar-refractivity contribution in [3.8, 4) is 17.6 Å². The molecule has 0 aliphatic rings. The van der Waals surface area contributed by atoms with Crippen molar-refractivity contribution < 1.29 is 23.8 Å². The van der Waals surface area contributed by atoms with Crippen molar-refractivity contribution in [3.63, 3.8) is 0 Å². The van der Waals surface area contributed by atoms with Gasteiger partial charge in [0.25, 0.3) is 5.91 Å². The van der Waals surface area contributed by atoms with Gasteiger partial charge in [-0.15, -0.1) is 0 Å². The molecule has 2 aromatic rings. The number of amides is 1. The molecular weight excluding hydrogens is 348 g/mol. The van der Waals surface area contributed by atoms with Crippen LogP contribution in [0.1, 0.15) is 5.56 Å². The van der Waals surface area contributed by atoms with Gasteiger partial charge in [0.05, 0.1) is 19.9 Å². The van der Waals surface area contributed by atoms with E-state index >= 15 is 0 Å². The van der Waals surface area contributed by atoms with Gasteiger partial charge in [-0.05, 0) is 35.9 Å². The number of benzene rings is 2. The summed E-state index contributed by atoms with van der Waals surface area (Å²) in [4.78, 5) is 24.0. The van der Waals surface area contributed by atoms with E-state index in [-0.39, 0.29) is 5.57 Å². The lowest BCUT2D eigenvalue weighted by molar-refractivity contribution is -0.142. The summed E-state index contributed by atoms with van der Waals surface area (Å²) in [5.41, 5.74) is 0.864. The Balaban J connectivity index is 1.97. The minimum Gasteiger partial charge on any atom is -0.497 e. The van der Waals surface area contributed by atoms with Crippen LogP contribution in [0, 0.1) is 11.3 Å². The highest BCUT2D eigenvalue weighted by Crippen LogP contribution is 2.22. The maximum Gasteiger partial charge on any atom is 0.349 e. The molecule has 0 radical (unpaired) electrons. The lowest BCUT2D eigenvalue weighted by Gasteiger charge is -2.10. The molecule has 0 spiro atoms. The van der Waals surface area contributed by atoms with E-state index in [0.717, 1.165) is 0 Å². The van der Waals surface area contributed by atoms with Gasteiger partial charge in [0, 0.05) is 0 Å². The highest BCUT2D eigenvalue weighted by molar-refractivity contribution is 6.00. The fourth-order valence-electron chi connectivity index (χ4n) is 2.15. The summed E-state index contributed by atoms with van der Waals surface area (Å²) in [6, 6.07) is 15.4. The average molecular weight is 366 g/mol. The Kier molecular flexibility index (Phi) is 6.97. The molecule has 1 N–H and O–H groups in total. The molecule has 0 aromatic heterocycles. The monoisotopic (exact) mass is 366 g/mol. The molecule has 0 fully saturated rings. The quantitative estimate of drug-likeness (QED) is 0.460. The largest absolute Gasteiger partial charge is 0.497 e. The van der Waals surface area contributed by atoms with Gasteiger partial charge in [-0.3, -0.25) is 4.79 Å². The molecule has 7 nitrogen and oxygen atoms in total. The Labute approximate surface area is 156 Å². The van der Waals surface area contributed by atoms with Crippen LogP contribution >= 0.6 is 0 Å². The molecule has 27 heavy (non-hydrogen) atoms. The van der Waals surface area contributed by atoms with Gasteiger partial charge in [0.1, 0.15) is 23.1 Å². The SMILES string of the molecule is COc1ccc(/C=C(\C#N)C(=O)OCC(=O)Nc2ccccc2OC)cc1. The van der Waals surface area contributed by atoms with Gasteiger partial charge in [0.2, 0.25) is 0 Å². The first kappa shape index (κ1) is 19.5. The number of rotatable bonds is 7. The molecule has 0 atom stereocenters. The number of ether oxygens (including phenoxy) is 3. The molecule has 7 heteroatoms. The molecule has 0 aliphatic heterocycles. The number of nitrogens with zero attached hydrogens (tertiary/aromatic N) is 1. The maximum atomic E-state index is 12.0. The number of carbonyl (C=O) groups excluding carboxylic acids is 2. The summed E-state index contributed by atoms with van der Waals surface area (Å²) in [6.07, 6.45) is 1.37. The van der Waals surface area contributed by atoms with Crippen molar-refractivity contribution in [2.24, 2.45) is 0 Å². The maximum absolute atomic E-state index is 12.0. The Morgan fingerprint density at radius 1 is 1.07 bits per heavy atom. The molecule has 0 aliphatic carbocycles. The zero-order chi connectivity index (χ0) is 19.6. The van der Waals surface area contributed by atoms with Crippen molar-refractivity contribution in [1.82, 2.24) is 0 Å². The van der Waals surface area contributed by atoms with E-state index in [1.807, 2.05) is 0 Å². The van der Waals surface area contributed by atoms with Crippen LogP contribution in [0.4, 0.5) is 5.69 Å². The van der Waals surface area contributed by atoms with Crippen LogP contribution < -0.4 is 14.8 Å². The fraction of sp³-hybridized carbons (Fsp3) is 0.150. The van der Waals surface area contributed by atoms with Crippen LogP contribution in [0.3, 0.4) is 0 Å². The van der Waals surface area contributed by atoms with Crippen LogP contribution in [-0.4, -0.2) is 32.7 Å². The summed E-state index contributed by atoms with van der Waals surface area (Å²) in [5, 5.41) is 11.7. The Morgan fingerprint density at radius 3 is 2.41 bits per heavy atom. The Hall–Kier alpha value is -3.79. The van der Waals surface area contributed by atoms with Crippen LogP contribution in [0.2, 0.25) is 0 Å². The van der Waals surface area contributed by atoms with Gasteiger partial charge in [0.15, 0.2) is 6.61 Å². The van der Waals surface area contributed by atoms with Crippen molar-refractivity contribution >= 4 is 23.6 Å². The lowest BCUT2D eigenvalue weighted by atomic mass is 10.1. The molecule has 2 rings (SSSR count). The minimum atomic E-state index is -0.886. The summed E-state index contributed by atoms with van der Waals surface area (Å²) in [7, 11) is 3.02. The van der Waals surface area contributed by atoms with E-state index in [4.69, 9.17) is 19.5 Å². The van der Waals surface area contributed by atoms with Gasteiger partial charge in [-0.1, -0.05) is 24.3 Å². The van der Waals surface area contributed by atoms with E-state index in [1.165, 1.54) is 13.2 Å². The van der Waals surface area contributed by atoms with Gasteiger partial charge in [-0.25, -0.2) is 4.79 Å². The van der Waals surface area contributed by atoms with Crippen molar-refractivity contribution in [1.29, 1.82) is 5.26 Å². The highest BCUT2D eigenvalue weighted by Gasteiger charge is 2.14. The predicted octanol–water partition coefficient (Wildman–Crippen LogP) is 2.79. The molecular formula is C20H18N2O5. The molecule has 2 aromatic carbocycles. The van der Waals surface area contributed by atoms with Gasteiger partial charge >= 0.3 is 5.97 Å². The average Bonchev–Trinajstić information content (AvgIpc) is 2.71. The second-order valence-electron chi connectivity index (χ2n) is 5.27. The lowest BCUT2D eigenvalue weighted by Crippen LogP contribution is -2.21. The smallest absolute Gasteiger partial charge is 0.349 e. The van der Waals surface area contributed by atoms with E-state index < -0.39 is 18.5 Å². The second-order valence-corrected chi connectivity index (χ2v) is 5.27. The summed E-state index contributed by atoms with van der Waals surface area (Å²) in [6.45, 7) is -0.529. The third-order valence-corrected chi connectivity index (χ3v) is 3.48. The second kappa shape index (κ2) is 9.63. The standard InChI is InChI=1S/C20H18N2O5/c1-25-16-9-7-14(8-10-16)11-15(12-21)20(24)27-13-19(23)22-17-5-3-4-6-18(17)26-2/h3-11H,13H2,1-2H3,(H,22,23)/b15-11+. The first-order valence-electron chi connectivity index (χ1n) is 7.93. The van der Waals surface area contributed by atoms with E-state index in [9.17, 15) is 9.59 Å². The van der Waals surface area contributed by atoms with Crippen LogP contribution in [0.25, 0.3) is 6.08 Å². The first-order chi connectivity index (χ1) is 13.1. The van der Waals surface area contributed by atoms with Gasteiger partial charge < -0.3 is 19.5 Å². The molecule has 0 heterocycles. The number of hydrogen-bond acceptors (Lipinski definition) is 6. The molecule has 0 unspecified atom stereocenters. The number of carbonyl (C=O) groups is 2. The van der Waals surface area contributed by atoms with Crippen molar-refractivity contribution in [2.75, 3.05) is 26.1 Å². The normalized spacial score (nSPS) is 10.5. The van der Waals surface area contributed by atoms with Crippen LogP contribution in [0.5, 0.6) is 11.5 Å². The van der Waals surface area contributed by atoms with Crippen LogP contribution in [0.15, 0.2) is 54.1 Å². The number of esters is 1. The number of hydrogen-bond donors (Lipinski definition) is 1. The molecule has 0 saturated carbocycles. The number of para-hydroxylation sites is 2. The number of nitrogens with one attached hydrogen (secondary N) is 1. The molecule has 0 saturated heterocycles. The van der Waals surface area contributed by atoms with E-state index in [2.05, 4.69) is 5.32 Å². The topological polar surface area (TPSA) is 97.6 Å². The third kappa shape index (κ3) is 5.61. The van der Waals surface area contributed by atoms with Crippen LogP contribution in [-0.2, 0) is 14.3 Å². The first-order valence-corrected chi connectivity index (χ1v) is 7.93.